The van der Waals surface area contributed by atoms with Crippen LogP contribution in [-0.2, 0) is 34.9 Å². The highest BCUT2D eigenvalue weighted by Crippen LogP contribution is 2.53. The molecule has 1 saturated heterocycles. The molecule has 22 heteroatoms. The number of sulfonamides is 3. The zero-order valence-corrected chi connectivity index (χ0v) is 19.3. The number of piperazine rings is 1. The van der Waals surface area contributed by atoms with E-state index < -0.39 is 84.2 Å². The van der Waals surface area contributed by atoms with Crippen molar-refractivity contribution in [2.45, 2.75) is 47.2 Å². The smallest absolute Gasteiger partial charge is 0.423 e. The molecule has 0 aromatic rings. The molecule has 0 spiro atoms. The van der Waals surface area contributed by atoms with Crippen LogP contribution in [-0.4, -0.2) is 94.4 Å². The number of hydrogen-bond acceptors (Lipinski definition) is 8. The Kier molecular flexibility index (Phi) is 7.68. The van der Waals surface area contributed by atoms with Crippen LogP contribution in [0.4, 0.5) is 39.5 Å². The van der Waals surface area contributed by atoms with Crippen LogP contribution < -0.4 is 0 Å². The molecule has 206 valence electrons. The molecule has 10 nitrogen and oxygen atoms in total. The van der Waals surface area contributed by atoms with Gasteiger partial charge < -0.3 is 4.13 Å². The van der Waals surface area contributed by atoms with Crippen LogP contribution in [0.3, 0.4) is 0 Å². The topological polar surface area (TPSA) is 140 Å². The van der Waals surface area contributed by atoms with Crippen molar-refractivity contribution in [1.29, 1.82) is 0 Å². The van der Waals surface area contributed by atoms with Crippen LogP contribution in [0.25, 0.3) is 4.13 Å². The summed E-state index contributed by atoms with van der Waals surface area (Å²) < 4.78 is 190. The van der Waals surface area contributed by atoms with Crippen LogP contribution in [0.5, 0.6) is 0 Å². The van der Waals surface area contributed by atoms with Crippen LogP contribution >= 0.6 is 0 Å². The summed E-state index contributed by atoms with van der Waals surface area (Å²) in [5.74, 6) is -7.73. The highest BCUT2D eigenvalue weighted by atomic mass is 32.3. The van der Waals surface area contributed by atoms with Crippen molar-refractivity contribution in [2.24, 2.45) is 0 Å². The van der Waals surface area contributed by atoms with Gasteiger partial charge in [0, 0.05) is 32.6 Å². The Morgan fingerprint density at radius 2 is 1.23 bits per heavy atom. The number of ketones is 1. The van der Waals surface area contributed by atoms with Crippen LogP contribution in [0, 0.1) is 0 Å². The molecule has 2 rings (SSSR count). The van der Waals surface area contributed by atoms with Crippen molar-refractivity contribution in [3.8, 4) is 0 Å². The monoisotopic (exact) mass is 592 g/mol. The molecular formula is C13H15F9N3O7S3-. The van der Waals surface area contributed by atoms with E-state index in [0.29, 0.717) is 17.0 Å². The number of carbonyl (C=O) groups is 1. The quantitative estimate of drug-likeness (QED) is 0.386. The Morgan fingerprint density at radius 3 is 1.63 bits per heavy atom. The van der Waals surface area contributed by atoms with Crippen LogP contribution in [0.2, 0.25) is 0 Å². The predicted molar refractivity (Wildman–Crippen MR) is 96.8 cm³/mol. The lowest BCUT2D eigenvalue weighted by molar-refractivity contribution is -0.244. The maximum absolute atomic E-state index is 14.3. The van der Waals surface area contributed by atoms with Gasteiger partial charge in [0.05, 0.1) is 6.04 Å². The third-order valence-corrected chi connectivity index (χ3v) is 10.2. The molecular weight excluding hydrogens is 577 g/mol. The Balaban J connectivity index is 2.34. The molecule has 1 unspecified atom stereocenters. The predicted octanol–water partition coefficient (Wildman–Crippen LogP) is 1.43. The molecule has 0 aromatic heterocycles. The highest BCUT2D eigenvalue weighted by molar-refractivity contribution is 8.13. The maximum atomic E-state index is 14.3. The van der Waals surface area contributed by atoms with Gasteiger partial charge in [-0.25, -0.2) is 25.3 Å². The molecule has 0 N–H and O–H groups in total. The summed E-state index contributed by atoms with van der Waals surface area (Å²) in [5.41, 5.74) is -6.69. The second-order valence-electron chi connectivity index (χ2n) is 7.39. The largest absolute Gasteiger partial charge is 0.480 e. The van der Waals surface area contributed by atoms with Gasteiger partial charge in [-0.1, -0.05) is 0 Å². The van der Waals surface area contributed by atoms with E-state index in [9.17, 15) is 69.6 Å². The van der Waals surface area contributed by atoms with Crippen molar-refractivity contribution in [3.05, 3.63) is 4.13 Å². The van der Waals surface area contributed by atoms with Gasteiger partial charge in [0.1, 0.15) is 5.78 Å². The van der Waals surface area contributed by atoms with E-state index in [4.69, 9.17) is 0 Å². The summed E-state index contributed by atoms with van der Waals surface area (Å²) in [4.78, 5) is 13.1. The van der Waals surface area contributed by atoms with E-state index >= 15 is 0 Å². The highest BCUT2D eigenvalue weighted by Gasteiger charge is 2.81. The summed E-state index contributed by atoms with van der Waals surface area (Å²) in [6, 6.07) is -0.700. The van der Waals surface area contributed by atoms with Gasteiger partial charge in [0.25, 0.3) is 10.0 Å². The van der Waals surface area contributed by atoms with Gasteiger partial charge in [0.15, 0.2) is 20.0 Å². The molecule has 0 amide bonds. The van der Waals surface area contributed by atoms with Crippen molar-refractivity contribution in [1.82, 2.24) is 9.21 Å². The average Bonchev–Trinajstić information content (AvgIpc) is 3.11. The zero-order chi connectivity index (χ0) is 27.5. The molecule has 1 saturated carbocycles. The molecule has 0 aromatic carbocycles. The fourth-order valence-corrected chi connectivity index (χ4v) is 7.00. The number of rotatable bonds is 8. The van der Waals surface area contributed by atoms with Crippen molar-refractivity contribution in [3.63, 3.8) is 0 Å². The first-order chi connectivity index (χ1) is 15.4. The molecule has 1 atom stereocenters. The fraction of sp³-hybridized carbons (Fsp3) is 0.923. The lowest BCUT2D eigenvalue weighted by atomic mass is 10.2. The lowest BCUT2D eigenvalue weighted by Gasteiger charge is -2.40. The molecule has 0 radical (unpaired) electrons. The number of alkyl halides is 9. The Labute approximate surface area is 192 Å². The molecule has 35 heavy (non-hydrogen) atoms. The molecule has 2 fully saturated rings. The normalized spacial score (nSPS) is 23.1. The summed E-state index contributed by atoms with van der Waals surface area (Å²) in [6.45, 7) is -2.96. The minimum Gasteiger partial charge on any atom is -0.423 e. The summed E-state index contributed by atoms with van der Waals surface area (Å²) in [7, 11) is -22.2. The van der Waals surface area contributed by atoms with E-state index in [-0.39, 0.29) is 16.5 Å². The standard InChI is InChI=1S/C13H15F9N3O7S3/c14-10(15,11(16,17)33(27,28)23-34(29,30)13(20,21)22)12(18,19)35(31,32)25-6-4-24(5-7-25)8-2-1-3-9(8)26/h8H,1-7H2/q-1. The maximum Gasteiger partial charge on any atom is 0.480 e. The number of halogens is 9. The average molecular weight is 592 g/mol. The van der Waals surface area contributed by atoms with E-state index in [1.165, 1.54) is 4.90 Å². The van der Waals surface area contributed by atoms with E-state index in [1.54, 1.807) is 0 Å². The second-order valence-corrected chi connectivity index (χ2v) is 12.8. The van der Waals surface area contributed by atoms with Gasteiger partial charge in [-0.05, 0) is 12.8 Å². The second kappa shape index (κ2) is 8.96. The number of Topliss-reactive ketones (excluding diaryl/α,β-unsaturated/α-hetero) is 1. The Hall–Kier alpha value is -1.23. The molecule has 1 aliphatic carbocycles. The first-order valence-electron chi connectivity index (χ1n) is 9.14. The third-order valence-electron chi connectivity index (χ3n) is 5.19. The first-order valence-corrected chi connectivity index (χ1v) is 13.5. The van der Waals surface area contributed by atoms with Crippen molar-refractivity contribution in [2.75, 3.05) is 26.2 Å². The lowest BCUT2D eigenvalue weighted by Crippen LogP contribution is -2.65. The Morgan fingerprint density at radius 1 is 0.743 bits per heavy atom. The minimum atomic E-state index is -7.93. The number of carbonyl (C=O) groups excluding carboxylic acids is 1. The molecule has 0 bridgehead atoms. The van der Waals surface area contributed by atoms with E-state index in [2.05, 4.69) is 0 Å². The van der Waals surface area contributed by atoms with Gasteiger partial charge in [-0.2, -0.15) is 43.8 Å². The van der Waals surface area contributed by atoms with Crippen LogP contribution in [0.15, 0.2) is 0 Å². The zero-order valence-electron chi connectivity index (χ0n) is 16.9. The SMILES string of the molecule is O=C1CCCC1N1CCN(S(=O)(=O)C(F)(F)C(F)(F)C(F)(F)S(=O)(=O)[N-]S(=O)(=O)C(F)(F)F)CC1. The molecule has 2 aliphatic rings. The minimum absolute atomic E-state index is 0.187. The van der Waals surface area contributed by atoms with Crippen LogP contribution in [0.1, 0.15) is 19.3 Å². The molecule has 1 aliphatic heterocycles. The van der Waals surface area contributed by atoms with E-state index in [0.717, 1.165) is 0 Å². The van der Waals surface area contributed by atoms with E-state index in [1.807, 2.05) is 0 Å². The number of nitrogens with zero attached hydrogens (tertiary/aromatic N) is 3. The summed E-state index contributed by atoms with van der Waals surface area (Å²) >= 11 is 0. The summed E-state index contributed by atoms with van der Waals surface area (Å²) in [6.07, 6.45) is 1.01. The fourth-order valence-electron chi connectivity index (χ4n) is 3.31. The molecule has 1 heterocycles. The van der Waals surface area contributed by atoms with Crippen molar-refractivity contribution >= 4 is 35.9 Å². The summed E-state index contributed by atoms with van der Waals surface area (Å²) in [5, 5.41) is -14.4. The van der Waals surface area contributed by atoms with Gasteiger partial charge >= 0.3 is 21.9 Å². The first kappa shape index (κ1) is 30.0. The van der Waals surface area contributed by atoms with Gasteiger partial charge in [-0.15, -0.1) is 0 Å². The number of hydrogen-bond donors (Lipinski definition) is 0. The Bertz CT molecular complexity index is 1160. The third kappa shape index (κ3) is 4.88. The van der Waals surface area contributed by atoms with Crippen molar-refractivity contribution < 1.29 is 69.6 Å². The van der Waals surface area contributed by atoms with Gasteiger partial charge in [0.2, 0.25) is 0 Å². The van der Waals surface area contributed by atoms with Gasteiger partial charge in [-0.3, -0.25) is 9.69 Å².